The number of aliphatic hydroxyl groups is 2. The van der Waals surface area contributed by atoms with Crippen LogP contribution in [0.1, 0.15) is 71.1 Å². The smallest absolute Gasteiger partial charge is 0.328 e. The van der Waals surface area contributed by atoms with E-state index in [1.165, 1.54) is 18.9 Å². The molecular weight excluding hydrogens is 328 g/mol. The lowest BCUT2D eigenvalue weighted by Gasteiger charge is -2.11. The van der Waals surface area contributed by atoms with Crippen molar-refractivity contribution >= 4 is 5.97 Å². The van der Waals surface area contributed by atoms with Gasteiger partial charge >= 0.3 is 5.97 Å². The van der Waals surface area contributed by atoms with E-state index >= 15 is 0 Å². The first-order chi connectivity index (χ1) is 12.6. The Bertz CT molecular complexity index is 449. The van der Waals surface area contributed by atoms with Crippen LogP contribution in [-0.2, 0) is 4.79 Å². The molecule has 0 spiro atoms. The quantitative estimate of drug-likeness (QED) is 0.206. The highest BCUT2D eigenvalue weighted by molar-refractivity contribution is 5.80. The third-order valence-electron chi connectivity index (χ3n) is 4.05. The molecule has 148 valence electrons. The van der Waals surface area contributed by atoms with Crippen LogP contribution < -0.4 is 0 Å². The monoisotopic (exact) mass is 364 g/mol. The second kappa shape index (κ2) is 18.2. The molecule has 0 amide bonds. The Kier molecular flexibility index (Phi) is 17.0. The standard InChI is InChI=1S/C22H36O4/c1-2-3-10-15-20(23)17-12-9-13-18-21(24)16-11-7-5-4-6-8-14-19-22(25)26/h4-8,11,14,19-21,23-24H,2-3,9-10,12-13,15-18H2,1H3,(H,25,26). The van der Waals surface area contributed by atoms with E-state index in [1.54, 1.807) is 18.2 Å². The van der Waals surface area contributed by atoms with Crippen molar-refractivity contribution in [2.75, 3.05) is 0 Å². The van der Waals surface area contributed by atoms with E-state index in [1.807, 2.05) is 18.2 Å². The number of carboxylic acids is 1. The van der Waals surface area contributed by atoms with Crippen molar-refractivity contribution in [3.05, 3.63) is 48.6 Å². The molecule has 0 saturated heterocycles. The predicted molar refractivity (Wildman–Crippen MR) is 108 cm³/mol. The number of hydrogen-bond donors (Lipinski definition) is 3. The Morgan fingerprint density at radius 1 is 0.769 bits per heavy atom. The topological polar surface area (TPSA) is 77.8 Å². The molecule has 0 fully saturated rings. The van der Waals surface area contributed by atoms with E-state index < -0.39 is 5.97 Å². The normalized spacial score (nSPS) is 14.9. The number of aliphatic carboxylic acids is 1. The van der Waals surface area contributed by atoms with Crippen LogP contribution in [0.15, 0.2) is 48.6 Å². The van der Waals surface area contributed by atoms with Crippen LogP contribution in [-0.4, -0.2) is 33.5 Å². The molecule has 2 unspecified atom stereocenters. The zero-order valence-corrected chi connectivity index (χ0v) is 16.1. The van der Waals surface area contributed by atoms with Crippen LogP contribution in [0.2, 0.25) is 0 Å². The van der Waals surface area contributed by atoms with E-state index in [9.17, 15) is 15.0 Å². The molecule has 0 radical (unpaired) electrons. The van der Waals surface area contributed by atoms with Crippen molar-refractivity contribution in [2.45, 2.75) is 83.3 Å². The summed E-state index contributed by atoms with van der Waals surface area (Å²) >= 11 is 0. The van der Waals surface area contributed by atoms with Gasteiger partial charge in [-0.05, 0) is 25.7 Å². The first-order valence-corrected chi connectivity index (χ1v) is 9.81. The molecule has 0 saturated carbocycles. The minimum absolute atomic E-state index is 0.158. The van der Waals surface area contributed by atoms with Crippen molar-refractivity contribution in [2.24, 2.45) is 0 Å². The highest BCUT2D eigenvalue weighted by Gasteiger charge is 2.05. The van der Waals surface area contributed by atoms with E-state index in [0.717, 1.165) is 51.0 Å². The average molecular weight is 365 g/mol. The second-order valence-corrected chi connectivity index (χ2v) is 6.57. The summed E-state index contributed by atoms with van der Waals surface area (Å²) in [4.78, 5) is 10.2. The minimum Gasteiger partial charge on any atom is -0.478 e. The molecule has 0 aliphatic rings. The molecule has 0 aromatic carbocycles. The zero-order chi connectivity index (χ0) is 19.5. The summed E-state index contributed by atoms with van der Waals surface area (Å²) in [6, 6.07) is 0. The number of carbonyl (C=O) groups is 1. The summed E-state index contributed by atoms with van der Waals surface area (Å²) in [7, 11) is 0. The average Bonchev–Trinajstić information content (AvgIpc) is 2.60. The lowest BCUT2D eigenvalue weighted by Crippen LogP contribution is -2.07. The summed E-state index contributed by atoms with van der Waals surface area (Å²) in [6.45, 7) is 2.17. The zero-order valence-electron chi connectivity index (χ0n) is 16.1. The summed E-state index contributed by atoms with van der Waals surface area (Å²) in [5, 5.41) is 28.2. The fourth-order valence-electron chi connectivity index (χ4n) is 2.54. The highest BCUT2D eigenvalue weighted by Crippen LogP contribution is 2.13. The van der Waals surface area contributed by atoms with Crippen LogP contribution in [0.3, 0.4) is 0 Å². The summed E-state index contributed by atoms with van der Waals surface area (Å²) in [6.07, 6.45) is 22.7. The summed E-state index contributed by atoms with van der Waals surface area (Å²) in [5.41, 5.74) is 0. The molecule has 0 aromatic rings. The van der Waals surface area contributed by atoms with Gasteiger partial charge in [-0.2, -0.15) is 0 Å². The van der Waals surface area contributed by atoms with Crippen LogP contribution in [0.25, 0.3) is 0 Å². The van der Waals surface area contributed by atoms with Gasteiger partial charge in [0.25, 0.3) is 0 Å². The Hall–Kier alpha value is -1.65. The first-order valence-electron chi connectivity index (χ1n) is 9.81. The van der Waals surface area contributed by atoms with Crippen LogP contribution in [0.5, 0.6) is 0 Å². The number of allylic oxidation sites excluding steroid dienone is 6. The number of aliphatic hydroxyl groups excluding tert-OH is 2. The number of rotatable bonds is 16. The molecule has 26 heavy (non-hydrogen) atoms. The van der Waals surface area contributed by atoms with E-state index in [-0.39, 0.29) is 12.2 Å². The highest BCUT2D eigenvalue weighted by atomic mass is 16.4. The number of hydrogen-bond acceptors (Lipinski definition) is 3. The Labute approximate surface area is 158 Å². The van der Waals surface area contributed by atoms with Gasteiger partial charge in [-0.25, -0.2) is 4.79 Å². The van der Waals surface area contributed by atoms with Gasteiger partial charge in [-0.3, -0.25) is 0 Å². The first kappa shape index (κ1) is 24.4. The predicted octanol–water partition coefficient (Wildman–Crippen LogP) is 4.94. The van der Waals surface area contributed by atoms with Gasteiger partial charge in [0.05, 0.1) is 12.2 Å². The van der Waals surface area contributed by atoms with Crippen molar-refractivity contribution < 1.29 is 20.1 Å². The molecule has 3 N–H and O–H groups in total. The molecule has 0 aliphatic carbocycles. The maximum absolute atomic E-state index is 10.2. The van der Waals surface area contributed by atoms with Crippen molar-refractivity contribution in [1.82, 2.24) is 0 Å². The van der Waals surface area contributed by atoms with Gasteiger partial charge in [0.15, 0.2) is 0 Å². The minimum atomic E-state index is -0.962. The maximum Gasteiger partial charge on any atom is 0.328 e. The van der Waals surface area contributed by atoms with Gasteiger partial charge in [0.1, 0.15) is 0 Å². The molecular formula is C22H36O4. The molecule has 0 heterocycles. The lowest BCUT2D eigenvalue weighted by atomic mass is 10.0. The van der Waals surface area contributed by atoms with Gasteiger partial charge < -0.3 is 15.3 Å². The fourth-order valence-corrected chi connectivity index (χ4v) is 2.54. The molecule has 0 bridgehead atoms. The van der Waals surface area contributed by atoms with E-state index in [2.05, 4.69) is 6.92 Å². The summed E-state index contributed by atoms with van der Waals surface area (Å²) in [5.74, 6) is -0.962. The lowest BCUT2D eigenvalue weighted by molar-refractivity contribution is -0.131. The molecule has 4 nitrogen and oxygen atoms in total. The van der Waals surface area contributed by atoms with Gasteiger partial charge in [-0.1, -0.05) is 88.0 Å². The van der Waals surface area contributed by atoms with Gasteiger partial charge in [0.2, 0.25) is 0 Å². The van der Waals surface area contributed by atoms with Crippen molar-refractivity contribution in [3.63, 3.8) is 0 Å². The maximum atomic E-state index is 10.2. The second-order valence-electron chi connectivity index (χ2n) is 6.57. The Balaban J connectivity index is 3.61. The van der Waals surface area contributed by atoms with E-state index in [0.29, 0.717) is 6.42 Å². The third-order valence-corrected chi connectivity index (χ3v) is 4.05. The van der Waals surface area contributed by atoms with Crippen LogP contribution in [0.4, 0.5) is 0 Å². The summed E-state index contributed by atoms with van der Waals surface area (Å²) < 4.78 is 0. The van der Waals surface area contributed by atoms with Gasteiger partial charge in [0, 0.05) is 6.08 Å². The van der Waals surface area contributed by atoms with E-state index in [4.69, 9.17) is 5.11 Å². The Morgan fingerprint density at radius 3 is 1.92 bits per heavy atom. The van der Waals surface area contributed by atoms with Crippen molar-refractivity contribution in [3.8, 4) is 0 Å². The number of unbranched alkanes of at least 4 members (excludes halogenated alkanes) is 4. The third kappa shape index (κ3) is 18.7. The van der Waals surface area contributed by atoms with Crippen LogP contribution >= 0.6 is 0 Å². The molecule has 0 rings (SSSR count). The molecule has 0 aromatic heterocycles. The Morgan fingerprint density at radius 2 is 1.31 bits per heavy atom. The molecule has 4 heteroatoms. The molecule has 0 aliphatic heterocycles. The van der Waals surface area contributed by atoms with Crippen LogP contribution in [0, 0.1) is 0 Å². The fraction of sp³-hybridized carbons (Fsp3) is 0.591. The molecule has 2 atom stereocenters. The SMILES string of the molecule is CCCCCC(O)CCCCCC(O)CC=CC=CC=CC=CC(=O)O. The largest absolute Gasteiger partial charge is 0.478 e. The number of carboxylic acid groups (broad SMARTS) is 1. The van der Waals surface area contributed by atoms with Crippen molar-refractivity contribution in [1.29, 1.82) is 0 Å². The van der Waals surface area contributed by atoms with Gasteiger partial charge in [-0.15, -0.1) is 0 Å².